The lowest BCUT2D eigenvalue weighted by molar-refractivity contribution is -0.197. The van der Waals surface area contributed by atoms with E-state index in [-0.39, 0.29) is 6.61 Å². The molecule has 0 saturated carbocycles. The van der Waals surface area contributed by atoms with Crippen molar-refractivity contribution in [1.29, 1.82) is 0 Å². The van der Waals surface area contributed by atoms with Crippen LogP contribution in [0.4, 0.5) is 0 Å². The largest absolute Gasteiger partial charge is 0.463 e. The number of hydrogen-bond donors (Lipinski definition) is 0. The molecule has 0 radical (unpaired) electrons. The lowest BCUT2D eigenvalue weighted by Crippen LogP contribution is -2.42. The Bertz CT molecular complexity index is 506. The van der Waals surface area contributed by atoms with Gasteiger partial charge in [-0.2, -0.15) is 0 Å². The lowest BCUT2D eigenvalue weighted by atomic mass is 10.1. The molecule has 0 spiro atoms. The summed E-state index contributed by atoms with van der Waals surface area (Å²) in [6.07, 6.45) is -6.40. The fourth-order valence-corrected chi connectivity index (χ4v) is 1.79. The molecule has 0 aromatic carbocycles. The second kappa shape index (κ2) is 7.74. The van der Waals surface area contributed by atoms with E-state index in [2.05, 4.69) is 0 Å². The molecule has 124 valence electrons. The molecule has 0 N–H and O–H groups in total. The van der Waals surface area contributed by atoms with Gasteiger partial charge in [-0.15, -0.1) is 0 Å². The molecule has 1 aliphatic rings. The summed E-state index contributed by atoms with van der Waals surface area (Å²) in [4.78, 5) is 44.6. The summed E-state index contributed by atoms with van der Waals surface area (Å²) in [6.45, 7) is 3.97. The molecule has 4 atom stereocenters. The molecule has 22 heavy (non-hydrogen) atoms. The van der Waals surface area contributed by atoms with Gasteiger partial charge in [-0.25, -0.2) is 0 Å². The van der Waals surface area contributed by atoms with Crippen molar-refractivity contribution in [3.8, 4) is 0 Å². The molecule has 1 aliphatic heterocycles. The van der Waals surface area contributed by atoms with Gasteiger partial charge < -0.3 is 23.7 Å². The Morgan fingerprint density at radius 2 is 1.36 bits per heavy atom. The zero-order valence-electron chi connectivity index (χ0n) is 13.6. The minimum Gasteiger partial charge on any atom is -0.463 e. The smallest absolute Gasteiger partial charge is 0.305 e. The molecule has 9 heteroatoms. The summed E-state index contributed by atoms with van der Waals surface area (Å²) in [5, 5.41) is 0. The van der Waals surface area contributed by atoms with Crippen molar-refractivity contribution < 1.29 is 44.2 Å². The van der Waals surface area contributed by atoms with Crippen LogP contribution in [0.2, 0.25) is 0 Å². The van der Waals surface area contributed by atoms with E-state index in [0.717, 1.165) is 27.7 Å². The highest BCUT2D eigenvalue weighted by Gasteiger charge is 2.51. The van der Waals surface area contributed by atoms with Gasteiger partial charge in [0.05, 0.1) is 0 Å². The van der Waals surface area contributed by atoms with Gasteiger partial charge in [-0.3, -0.25) is 19.2 Å². The Balaban J connectivity index is 3.10. The van der Waals surface area contributed by atoms with Gasteiger partial charge >= 0.3 is 23.9 Å². The van der Waals surface area contributed by atoms with Crippen LogP contribution in [0.15, 0.2) is 0 Å². The minimum atomic E-state index is -2.43. The third-order valence-electron chi connectivity index (χ3n) is 2.45. The Morgan fingerprint density at radius 1 is 0.864 bits per heavy atom. The maximum absolute atomic E-state index is 11.3. The average Bonchev–Trinajstić information content (AvgIpc) is 2.59. The van der Waals surface area contributed by atoms with Crippen LogP contribution >= 0.6 is 0 Å². The third-order valence-corrected chi connectivity index (χ3v) is 2.45. The second-order valence-electron chi connectivity index (χ2n) is 4.48. The van der Waals surface area contributed by atoms with Gasteiger partial charge in [-0.1, -0.05) is 0 Å². The molecule has 0 amide bonds. The van der Waals surface area contributed by atoms with Gasteiger partial charge in [0.25, 0.3) is 0 Å². The Kier molecular flexibility index (Phi) is 5.70. The predicted octanol–water partition coefficient (Wildman–Crippen LogP) is -0.299. The summed E-state index contributed by atoms with van der Waals surface area (Å²) in [6, 6.07) is 0. The van der Waals surface area contributed by atoms with Crippen molar-refractivity contribution in [2.75, 3.05) is 6.61 Å². The summed E-state index contributed by atoms with van der Waals surface area (Å²) < 4.78 is 32.8. The Morgan fingerprint density at radius 3 is 1.82 bits per heavy atom. The monoisotopic (exact) mass is 319 g/mol. The number of hydrogen-bond acceptors (Lipinski definition) is 9. The van der Waals surface area contributed by atoms with Crippen LogP contribution in [-0.2, 0) is 42.9 Å². The highest BCUT2D eigenvalue weighted by Crippen LogP contribution is 2.28. The van der Waals surface area contributed by atoms with Crippen LogP contribution < -0.4 is 0 Å². The molecule has 0 bridgehead atoms. The molecule has 1 heterocycles. The van der Waals surface area contributed by atoms with Crippen molar-refractivity contribution in [3.63, 3.8) is 0 Å². The van der Waals surface area contributed by atoms with E-state index in [9.17, 15) is 19.2 Å². The van der Waals surface area contributed by atoms with Crippen LogP contribution in [0, 0.1) is 0 Å². The predicted molar refractivity (Wildman–Crippen MR) is 68.2 cm³/mol. The van der Waals surface area contributed by atoms with E-state index in [4.69, 9.17) is 25.1 Å². The second-order valence-corrected chi connectivity index (χ2v) is 4.48. The zero-order valence-corrected chi connectivity index (χ0v) is 12.6. The molecule has 1 saturated heterocycles. The van der Waals surface area contributed by atoms with Crippen molar-refractivity contribution in [1.82, 2.24) is 0 Å². The molecule has 9 nitrogen and oxygen atoms in total. The van der Waals surface area contributed by atoms with Crippen LogP contribution in [0.1, 0.15) is 29.1 Å². The van der Waals surface area contributed by atoms with E-state index in [1.54, 1.807) is 0 Å². The normalized spacial score (nSPS) is 30.9. The fraction of sp³-hybridized carbons (Fsp3) is 0.692. The molecule has 0 aliphatic carbocycles. The molecule has 0 unspecified atom stereocenters. The maximum atomic E-state index is 11.3. The average molecular weight is 319 g/mol. The highest BCUT2D eigenvalue weighted by atomic mass is 16.8. The summed E-state index contributed by atoms with van der Waals surface area (Å²) in [7, 11) is 0. The van der Waals surface area contributed by atoms with E-state index >= 15 is 0 Å². The first-order valence-corrected chi connectivity index (χ1v) is 6.40. The molecule has 0 aromatic rings. The van der Waals surface area contributed by atoms with Gasteiger partial charge in [0.2, 0.25) is 12.4 Å². The van der Waals surface area contributed by atoms with Crippen LogP contribution in [0.3, 0.4) is 0 Å². The third kappa shape index (κ3) is 5.32. The molecule has 1 rings (SSSR count). The molecular formula is C13H18O9. The SMILES string of the molecule is [2H][C@@]1(OC(C)=O)O[C@H](COC(C)=O)[C@@H](OC(C)=O)[C@H]1OC(C)=O. The first-order valence-electron chi connectivity index (χ1n) is 6.90. The van der Waals surface area contributed by atoms with Gasteiger partial charge in [-0.05, 0) is 0 Å². The number of carbonyl (C=O) groups excluding carboxylic acids is 4. The minimum absolute atomic E-state index is 0.382. The van der Waals surface area contributed by atoms with Crippen molar-refractivity contribution in [2.24, 2.45) is 0 Å². The highest BCUT2D eigenvalue weighted by molar-refractivity contribution is 5.68. The van der Waals surface area contributed by atoms with Crippen LogP contribution in [-0.4, -0.2) is 55.1 Å². The van der Waals surface area contributed by atoms with Gasteiger partial charge in [0, 0.05) is 27.7 Å². The summed E-state index contributed by atoms with van der Waals surface area (Å²) >= 11 is 0. The van der Waals surface area contributed by atoms with Gasteiger partial charge in [0.15, 0.2) is 6.10 Å². The number of carbonyl (C=O) groups is 4. The standard InChI is InChI=1S/C13H18O9/c1-6(14)18-5-10-11(19-7(2)15)12(20-8(3)16)13(22-10)21-9(4)17/h10-13H,5H2,1-4H3/t10-,11-,12-,13-/m1/s1/i13D. The van der Waals surface area contributed by atoms with Gasteiger partial charge in [0.1, 0.15) is 14.1 Å². The van der Waals surface area contributed by atoms with Crippen molar-refractivity contribution >= 4 is 23.9 Å². The quantitative estimate of drug-likeness (QED) is 0.497. The van der Waals surface area contributed by atoms with E-state index in [1.165, 1.54) is 0 Å². The van der Waals surface area contributed by atoms with Crippen molar-refractivity contribution in [3.05, 3.63) is 0 Å². The van der Waals surface area contributed by atoms with E-state index in [1.807, 2.05) is 0 Å². The maximum Gasteiger partial charge on any atom is 0.305 e. The lowest BCUT2D eigenvalue weighted by Gasteiger charge is -2.22. The van der Waals surface area contributed by atoms with Crippen LogP contribution in [0.5, 0.6) is 0 Å². The number of esters is 4. The number of rotatable bonds is 5. The summed E-state index contributed by atoms with van der Waals surface area (Å²) in [5.41, 5.74) is 0. The molecule has 0 aromatic heterocycles. The van der Waals surface area contributed by atoms with E-state index < -0.39 is 48.5 Å². The topological polar surface area (TPSA) is 114 Å². The fourth-order valence-electron chi connectivity index (χ4n) is 1.79. The van der Waals surface area contributed by atoms with Crippen molar-refractivity contribution in [2.45, 2.75) is 52.3 Å². The molecular weight excluding hydrogens is 300 g/mol. The summed E-state index contributed by atoms with van der Waals surface area (Å²) in [5.74, 6) is -3.04. The molecule has 1 fully saturated rings. The number of ether oxygens (including phenoxy) is 5. The Labute approximate surface area is 128 Å². The zero-order chi connectivity index (χ0) is 17.8. The first-order chi connectivity index (χ1) is 10.5. The first kappa shape index (κ1) is 16.2. The van der Waals surface area contributed by atoms with Crippen LogP contribution in [0.25, 0.3) is 0 Å². The van der Waals surface area contributed by atoms with E-state index in [0.29, 0.717) is 0 Å². The Hall–Kier alpha value is -2.16.